The smallest absolute Gasteiger partial charge is 0.407 e. The van der Waals surface area contributed by atoms with Gasteiger partial charge in [0.15, 0.2) is 23.6 Å². The fourth-order valence-electron chi connectivity index (χ4n) is 9.32. The molecule has 3 aliphatic carbocycles. The number of aliphatic hydroxyl groups is 3. The Kier molecular flexibility index (Phi) is 11.5. The number of esters is 4. The molecule has 16 heteroatoms. The van der Waals surface area contributed by atoms with Crippen LogP contribution in [-0.2, 0) is 52.4 Å². The van der Waals surface area contributed by atoms with E-state index in [0.29, 0.717) is 0 Å². The number of carbonyl (C=O) groups excluding carboxylic acids is 6. The summed E-state index contributed by atoms with van der Waals surface area (Å²) >= 11 is 0. The van der Waals surface area contributed by atoms with Gasteiger partial charge in [-0.2, -0.15) is 0 Å². The van der Waals surface area contributed by atoms with E-state index in [0.717, 1.165) is 13.8 Å². The van der Waals surface area contributed by atoms with Crippen LogP contribution in [0.2, 0.25) is 0 Å². The molecule has 3 fully saturated rings. The zero-order valence-electron chi connectivity index (χ0n) is 33.0. The number of rotatable bonds is 3. The normalized spacial score (nSPS) is 39.7. The lowest BCUT2D eigenvalue weighted by Gasteiger charge is -2.67. The predicted octanol–water partition coefficient (Wildman–Crippen LogP) is 2.27. The van der Waals surface area contributed by atoms with Crippen LogP contribution in [0.5, 0.6) is 0 Å². The van der Waals surface area contributed by atoms with Crippen LogP contribution in [0, 0.1) is 16.7 Å². The summed E-state index contributed by atoms with van der Waals surface area (Å²) in [5.74, 6) is -5.92. The van der Waals surface area contributed by atoms with Crippen molar-refractivity contribution in [2.75, 3.05) is 6.61 Å². The molecular formula is C39H55NO15. The van der Waals surface area contributed by atoms with E-state index in [-0.39, 0.29) is 49.9 Å². The Morgan fingerprint density at radius 1 is 0.982 bits per heavy atom. The van der Waals surface area contributed by atoms with Crippen LogP contribution in [0.3, 0.4) is 0 Å². The minimum atomic E-state index is -2.30. The maximum absolute atomic E-state index is 15.2. The van der Waals surface area contributed by atoms with E-state index in [1.807, 2.05) is 0 Å². The van der Waals surface area contributed by atoms with Crippen molar-refractivity contribution in [1.82, 2.24) is 5.32 Å². The zero-order chi connectivity index (χ0) is 41.1. The highest BCUT2D eigenvalue weighted by molar-refractivity contribution is 5.95. The minimum Gasteiger partial charge on any atom is -0.459 e. The fraction of sp³-hybridized carbons (Fsp3) is 0.744. The molecule has 0 aromatic carbocycles. The molecule has 0 spiro atoms. The molecule has 5 rings (SSSR count). The molecule has 2 aliphatic heterocycles. The van der Waals surface area contributed by atoms with Crippen molar-refractivity contribution in [3.8, 4) is 0 Å². The highest BCUT2D eigenvalue weighted by Crippen LogP contribution is 2.64. The second-order valence-corrected chi connectivity index (χ2v) is 17.2. The molecule has 0 aromatic rings. The maximum Gasteiger partial charge on any atom is 0.407 e. The van der Waals surface area contributed by atoms with E-state index >= 15 is 4.79 Å². The van der Waals surface area contributed by atoms with E-state index in [2.05, 4.69) is 5.32 Å². The Hall–Kier alpha value is -3.86. The van der Waals surface area contributed by atoms with Crippen LogP contribution in [0.15, 0.2) is 23.3 Å². The Morgan fingerprint density at radius 2 is 1.64 bits per heavy atom. The molecule has 306 valence electrons. The molecule has 1 amide bonds. The first-order chi connectivity index (χ1) is 25.4. The van der Waals surface area contributed by atoms with Gasteiger partial charge in [-0.25, -0.2) is 9.59 Å². The quantitative estimate of drug-likeness (QED) is 0.183. The Labute approximate surface area is 320 Å². The third-order valence-electron chi connectivity index (χ3n) is 12.1. The average molecular weight is 778 g/mol. The van der Waals surface area contributed by atoms with E-state index in [4.69, 9.17) is 28.4 Å². The first-order valence-corrected chi connectivity index (χ1v) is 18.8. The van der Waals surface area contributed by atoms with E-state index in [1.165, 1.54) is 13.8 Å². The molecular weight excluding hydrogens is 722 g/mol. The van der Waals surface area contributed by atoms with Crippen LogP contribution in [-0.4, -0.2) is 117 Å². The van der Waals surface area contributed by atoms with Crippen LogP contribution in [0.25, 0.3) is 0 Å². The molecule has 16 nitrogen and oxygen atoms in total. The van der Waals surface area contributed by atoms with Gasteiger partial charge in [-0.15, -0.1) is 0 Å². The van der Waals surface area contributed by atoms with Crippen LogP contribution in [0.1, 0.15) is 101 Å². The summed E-state index contributed by atoms with van der Waals surface area (Å²) in [6.07, 6.45) is -7.23. The molecule has 0 radical (unpaired) electrons. The lowest BCUT2D eigenvalue weighted by molar-refractivity contribution is -0.347. The summed E-state index contributed by atoms with van der Waals surface area (Å²) in [6, 6.07) is -1.20. The highest BCUT2D eigenvalue weighted by Gasteiger charge is 2.78. The standard InChI is InChI=1S/C39H55NO15/c1-19-23-17-39(49)32(53-26(44)15-13-11-10-12-14-22(28(45)33(47)52-23)40-34(48)55-35(4,5)6)30-37(9,24(43)16-25-38(30,18-50-25)54-21(3)42)31(46)29(51-20(2)41)27(19)36(39,7)8/h10-11,22-25,28-30,32,43,45,49H,12-18H2,1-9H3,(H,40,48)/b11-10+/t22-,23+,24+,25-,28+,29-,30+,32-,37-,38-,39+/m1/s1. The van der Waals surface area contributed by atoms with Gasteiger partial charge in [0.05, 0.1) is 30.1 Å². The number of hydrogen-bond donors (Lipinski definition) is 4. The number of ketones is 1. The van der Waals surface area contributed by atoms with Crippen molar-refractivity contribution in [3.63, 3.8) is 0 Å². The van der Waals surface area contributed by atoms with Crippen molar-refractivity contribution >= 4 is 35.8 Å². The van der Waals surface area contributed by atoms with E-state index in [9.17, 15) is 39.3 Å². The van der Waals surface area contributed by atoms with E-state index in [1.54, 1.807) is 46.8 Å². The van der Waals surface area contributed by atoms with Gasteiger partial charge < -0.3 is 49.1 Å². The number of Topliss-reactive ketones (excluding diaryl/α,β-unsaturated/α-hetero) is 1. The molecule has 2 saturated carbocycles. The number of allylic oxidation sites excluding steroid dienone is 2. The second-order valence-electron chi connectivity index (χ2n) is 17.2. The van der Waals surface area contributed by atoms with Crippen molar-refractivity contribution in [1.29, 1.82) is 0 Å². The topological polar surface area (TPSA) is 231 Å². The number of ether oxygens (including phenoxy) is 6. The number of alkyl carbamates (subject to hydrolysis) is 1. The number of amides is 1. The molecule has 11 atom stereocenters. The number of carbonyl (C=O) groups is 6. The molecule has 5 aliphatic rings. The molecule has 0 aromatic heterocycles. The number of fused-ring (bicyclic) bond motifs is 6. The number of aliphatic hydroxyl groups excluding tert-OH is 2. The van der Waals surface area contributed by atoms with Gasteiger partial charge >= 0.3 is 30.0 Å². The molecule has 2 heterocycles. The van der Waals surface area contributed by atoms with Gasteiger partial charge in [0.2, 0.25) is 0 Å². The van der Waals surface area contributed by atoms with Gasteiger partial charge in [-0.1, -0.05) is 26.0 Å². The third kappa shape index (κ3) is 7.42. The van der Waals surface area contributed by atoms with Gasteiger partial charge in [0, 0.05) is 38.5 Å². The number of hydrogen-bond acceptors (Lipinski definition) is 15. The molecule has 4 N–H and O–H groups in total. The van der Waals surface area contributed by atoms with Crippen LogP contribution in [0.4, 0.5) is 4.79 Å². The second kappa shape index (κ2) is 14.9. The molecule has 3 bridgehead atoms. The van der Waals surface area contributed by atoms with Crippen molar-refractivity contribution in [2.24, 2.45) is 16.7 Å². The highest BCUT2D eigenvalue weighted by atomic mass is 16.6. The average Bonchev–Trinajstić information content (AvgIpc) is 3.05. The Morgan fingerprint density at radius 3 is 2.22 bits per heavy atom. The fourth-order valence-corrected chi connectivity index (χ4v) is 9.32. The number of nitrogens with one attached hydrogen (secondary N) is 1. The Bertz CT molecular complexity index is 1660. The van der Waals surface area contributed by atoms with Crippen molar-refractivity contribution < 1.29 is 72.5 Å². The largest absolute Gasteiger partial charge is 0.459 e. The minimum absolute atomic E-state index is 0.0302. The molecule has 0 unspecified atom stereocenters. The maximum atomic E-state index is 15.2. The lowest BCUT2D eigenvalue weighted by atomic mass is 9.44. The summed E-state index contributed by atoms with van der Waals surface area (Å²) in [6.45, 7) is 13.0. The van der Waals surface area contributed by atoms with Crippen LogP contribution >= 0.6 is 0 Å². The van der Waals surface area contributed by atoms with Gasteiger partial charge in [0.1, 0.15) is 29.5 Å². The summed E-state index contributed by atoms with van der Waals surface area (Å²) in [5.41, 5.74) is -8.25. The van der Waals surface area contributed by atoms with Crippen molar-refractivity contribution in [3.05, 3.63) is 23.3 Å². The predicted molar refractivity (Wildman–Crippen MR) is 190 cm³/mol. The monoisotopic (exact) mass is 777 g/mol. The van der Waals surface area contributed by atoms with Crippen LogP contribution < -0.4 is 5.32 Å². The summed E-state index contributed by atoms with van der Waals surface area (Å²) in [4.78, 5) is 81.4. The first kappa shape index (κ1) is 42.3. The van der Waals surface area contributed by atoms with Crippen molar-refractivity contribution in [2.45, 2.75) is 160 Å². The van der Waals surface area contributed by atoms with Gasteiger partial charge in [-0.3, -0.25) is 19.2 Å². The first-order valence-electron chi connectivity index (χ1n) is 18.8. The summed E-state index contributed by atoms with van der Waals surface area (Å²) in [5, 5.41) is 39.2. The SMILES string of the molecule is CC(=O)O[C@H]1C(=O)[C@@]2(C)[C@H]([C@H]3OC(=O)CC/C=C/CC[C@@H](NC(=O)OC(C)(C)C)[C@H](O)C(=O)O[C@H]4C[C@@]3(O)C(C)(C)C1=C4C)[C@@]1(OC(C)=O)CO[C@@H]1C[C@@H]2O. The molecule has 1 saturated heterocycles. The zero-order valence-corrected chi connectivity index (χ0v) is 33.0. The van der Waals surface area contributed by atoms with E-state index < -0.39 is 118 Å². The summed E-state index contributed by atoms with van der Waals surface area (Å²) in [7, 11) is 0. The third-order valence-corrected chi connectivity index (χ3v) is 12.1. The Balaban J connectivity index is 1.74. The lowest BCUT2D eigenvalue weighted by Crippen LogP contribution is -2.82. The summed E-state index contributed by atoms with van der Waals surface area (Å²) < 4.78 is 35.2. The van der Waals surface area contributed by atoms with Gasteiger partial charge in [0.25, 0.3) is 0 Å². The van der Waals surface area contributed by atoms with Gasteiger partial charge in [-0.05, 0) is 65.0 Å². The molecule has 55 heavy (non-hydrogen) atoms.